The number of aryl methyl sites for hydroxylation is 2. The molecule has 2 heterocycles. The number of aromatic nitrogens is 3. The summed E-state index contributed by atoms with van der Waals surface area (Å²) in [6.07, 6.45) is 0. The van der Waals surface area contributed by atoms with Crippen LogP contribution in [0, 0.1) is 19.7 Å². The quantitative estimate of drug-likeness (QED) is 0.463. The number of carbonyl (C=O) groups excluding carboxylic acids is 1. The summed E-state index contributed by atoms with van der Waals surface area (Å²) < 4.78 is 16.9. The van der Waals surface area contributed by atoms with Crippen LogP contribution in [0.2, 0.25) is 0 Å². The van der Waals surface area contributed by atoms with Crippen LogP contribution in [-0.2, 0) is 17.9 Å². The van der Waals surface area contributed by atoms with Gasteiger partial charge in [0.25, 0.3) is 5.56 Å². The molecule has 7 heteroatoms. The molecule has 0 saturated heterocycles. The summed E-state index contributed by atoms with van der Waals surface area (Å²) in [6.45, 7) is 6.44. The Morgan fingerprint density at radius 2 is 1.81 bits per heavy atom. The lowest BCUT2D eigenvalue weighted by molar-refractivity contribution is -0.132. The summed E-state index contributed by atoms with van der Waals surface area (Å²) in [6, 6.07) is 17.3. The van der Waals surface area contributed by atoms with Crippen molar-refractivity contribution in [2.45, 2.75) is 33.9 Å². The number of benzene rings is 2. The molecule has 0 radical (unpaired) electrons. The van der Waals surface area contributed by atoms with E-state index in [1.165, 1.54) is 22.8 Å². The van der Waals surface area contributed by atoms with E-state index in [0.717, 1.165) is 16.5 Å². The number of hydrogen-bond donors (Lipinski definition) is 0. The summed E-state index contributed by atoms with van der Waals surface area (Å²) in [5.41, 5.74) is 3.18. The molecular formula is C25H25FN4O2. The second-order valence-corrected chi connectivity index (χ2v) is 7.82. The third-order valence-electron chi connectivity index (χ3n) is 5.59. The van der Waals surface area contributed by atoms with Gasteiger partial charge >= 0.3 is 0 Å². The molecule has 0 aliphatic rings. The molecule has 0 atom stereocenters. The summed E-state index contributed by atoms with van der Waals surface area (Å²) in [4.78, 5) is 27.9. The van der Waals surface area contributed by atoms with Gasteiger partial charge in [-0.2, -0.15) is 5.10 Å². The SMILES string of the molecule is CCN(Cc1ccccc1)C(=O)Cn1c(=O)cc(C)c2c(C)nn(-c3cccc(F)c3)c21. The Bertz CT molecular complexity index is 1340. The number of likely N-dealkylation sites (N-methyl/N-ethyl adjacent to an activating group) is 1. The van der Waals surface area contributed by atoms with Crippen molar-refractivity contribution >= 4 is 16.9 Å². The molecule has 0 aliphatic carbocycles. The third kappa shape index (κ3) is 4.06. The maximum atomic E-state index is 13.9. The first-order valence-electron chi connectivity index (χ1n) is 10.6. The summed E-state index contributed by atoms with van der Waals surface area (Å²) in [5, 5.41) is 5.35. The van der Waals surface area contributed by atoms with Crippen LogP contribution in [0.5, 0.6) is 0 Å². The van der Waals surface area contributed by atoms with E-state index in [2.05, 4.69) is 5.10 Å². The highest BCUT2D eigenvalue weighted by Gasteiger charge is 2.21. The van der Waals surface area contributed by atoms with Gasteiger partial charge in [-0.1, -0.05) is 36.4 Å². The standard InChI is InChI=1S/C25H25FN4O2/c1-4-28(15-19-9-6-5-7-10-19)23(32)16-29-22(31)13-17(2)24-18(3)27-30(25(24)29)21-12-8-11-20(26)14-21/h5-14H,4,15-16H2,1-3H3. The number of amides is 1. The molecule has 1 amide bonds. The first-order valence-corrected chi connectivity index (χ1v) is 10.6. The zero-order valence-electron chi connectivity index (χ0n) is 18.4. The van der Waals surface area contributed by atoms with Gasteiger partial charge in [0.1, 0.15) is 18.0 Å². The average molecular weight is 432 g/mol. The normalized spacial score (nSPS) is 11.1. The first kappa shape index (κ1) is 21.5. The van der Waals surface area contributed by atoms with Crippen molar-refractivity contribution in [2.24, 2.45) is 0 Å². The minimum atomic E-state index is -0.401. The van der Waals surface area contributed by atoms with E-state index >= 15 is 0 Å². The lowest BCUT2D eigenvalue weighted by atomic mass is 10.1. The van der Waals surface area contributed by atoms with Crippen molar-refractivity contribution in [3.05, 3.63) is 93.7 Å². The fraction of sp³-hybridized carbons (Fsp3) is 0.240. The predicted molar refractivity (Wildman–Crippen MR) is 122 cm³/mol. The fourth-order valence-electron chi connectivity index (χ4n) is 4.02. The Labute approximate surface area is 185 Å². The summed E-state index contributed by atoms with van der Waals surface area (Å²) in [5.74, 6) is -0.574. The predicted octanol–water partition coefficient (Wildman–Crippen LogP) is 3.99. The van der Waals surface area contributed by atoms with Gasteiger partial charge < -0.3 is 4.90 Å². The maximum absolute atomic E-state index is 13.9. The van der Waals surface area contributed by atoms with E-state index in [9.17, 15) is 14.0 Å². The van der Waals surface area contributed by atoms with Crippen molar-refractivity contribution < 1.29 is 9.18 Å². The van der Waals surface area contributed by atoms with Crippen LogP contribution in [0.1, 0.15) is 23.7 Å². The van der Waals surface area contributed by atoms with Crippen molar-refractivity contribution in [3.63, 3.8) is 0 Å². The van der Waals surface area contributed by atoms with Gasteiger partial charge in [0.15, 0.2) is 0 Å². The summed E-state index contributed by atoms with van der Waals surface area (Å²) in [7, 11) is 0. The topological polar surface area (TPSA) is 60.1 Å². The highest BCUT2D eigenvalue weighted by Crippen LogP contribution is 2.24. The number of halogens is 1. The Morgan fingerprint density at radius 1 is 1.06 bits per heavy atom. The number of carbonyl (C=O) groups is 1. The van der Waals surface area contributed by atoms with E-state index in [4.69, 9.17) is 0 Å². The van der Waals surface area contributed by atoms with Gasteiger partial charge in [-0.15, -0.1) is 0 Å². The van der Waals surface area contributed by atoms with E-state index in [0.29, 0.717) is 30.1 Å². The van der Waals surface area contributed by atoms with E-state index in [1.807, 2.05) is 51.1 Å². The highest BCUT2D eigenvalue weighted by atomic mass is 19.1. The fourth-order valence-corrected chi connectivity index (χ4v) is 4.02. The van der Waals surface area contributed by atoms with Gasteiger partial charge in [0, 0.05) is 24.5 Å². The molecule has 32 heavy (non-hydrogen) atoms. The average Bonchev–Trinajstić information content (AvgIpc) is 3.13. The smallest absolute Gasteiger partial charge is 0.252 e. The molecule has 0 unspecified atom stereocenters. The Morgan fingerprint density at radius 3 is 2.50 bits per heavy atom. The first-order chi connectivity index (χ1) is 15.4. The van der Waals surface area contributed by atoms with Crippen LogP contribution in [0.4, 0.5) is 4.39 Å². The van der Waals surface area contributed by atoms with Gasteiger partial charge in [-0.3, -0.25) is 14.2 Å². The molecule has 164 valence electrons. The van der Waals surface area contributed by atoms with Crippen molar-refractivity contribution in [1.82, 2.24) is 19.2 Å². The molecule has 0 aliphatic heterocycles. The van der Waals surface area contributed by atoms with E-state index < -0.39 is 5.82 Å². The molecule has 4 rings (SSSR count). The zero-order chi connectivity index (χ0) is 22.8. The van der Waals surface area contributed by atoms with Crippen LogP contribution < -0.4 is 5.56 Å². The van der Waals surface area contributed by atoms with E-state index in [-0.39, 0.29) is 18.0 Å². The minimum absolute atomic E-state index is 0.128. The Balaban J connectivity index is 1.80. The molecule has 2 aromatic heterocycles. The van der Waals surface area contributed by atoms with Gasteiger partial charge in [-0.05, 0) is 50.1 Å². The van der Waals surface area contributed by atoms with E-state index in [1.54, 1.807) is 21.7 Å². The number of fused-ring (bicyclic) bond motifs is 1. The molecule has 2 aromatic carbocycles. The van der Waals surface area contributed by atoms with Gasteiger partial charge in [-0.25, -0.2) is 9.07 Å². The lowest BCUT2D eigenvalue weighted by Crippen LogP contribution is -2.36. The van der Waals surface area contributed by atoms with Crippen molar-refractivity contribution in [3.8, 4) is 5.69 Å². The number of hydrogen-bond acceptors (Lipinski definition) is 3. The molecule has 4 aromatic rings. The lowest BCUT2D eigenvalue weighted by Gasteiger charge is -2.22. The second-order valence-electron chi connectivity index (χ2n) is 7.82. The molecular weight excluding hydrogens is 407 g/mol. The van der Waals surface area contributed by atoms with Crippen LogP contribution in [-0.4, -0.2) is 31.7 Å². The molecule has 6 nitrogen and oxygen atoms in total. The number of nitrogens with zero attached hydrogens (tertiary/aromatic N) is 4. The molecule has 0 saturated carbocycles. The number of pyridine rings is 1. The highest BCUT2D eigenvalue weighted by molar-refractivity contribution is 5.85. The molecule has 0 spiro atoms. The third-order valence-corrected chi connectivity index (χ3v) is 5.59. The van der Waals surface area contributed by atoms with Gasteiger partial charge in [0.2, 0.25) is 5.91 Å². The zero-order valence-corrected chi connectivity index (χ0v) is 18.4. The van der Waals surface area contributed by atoms with Crippen molar-refractivity contribution in [1.29, 1.82) is 0 Å². The van der Waals surface area contributed by atoms with Crippen LogP contribution in [0.3, 0.4) is 0 Å². The molecule has 0 fully saturated rings. The van der Waals surface area contributed by atoms with Crippen LogP contribution in [0.15, 0.2) is 65.5 Å². The maximum Gasteiger partial charge on any atom is 0.252 e. The molecule has 0 N–H and O–H groups in total. The second kappa shape index (κ2) is 8.78. The van der Waals surface area contributed by atoms with Gasteiger partial charge in [0.05, 0.1) is 11.4 Å². The summed E-state index contributed by atoms with van der Waals surface area (Å²) >= 11 is 0. The molecule has 0 bridgehead atoms. The van der Waals surface area contributed by atoms with Crippen LogP contribution in [0.25, 0.3) is 16.7 Å². The van der Waals surface area contributed by atoms with Crippen LogP contribution >= 0.6 is 0 Å². The largest absolute Gasteiger partial charge is 0.337 e. The Hall–Kier alpha value is -3.74. The van der Waals surface area contributed by atoms with Crippen molar-refractivity contribution in [2.75, 3.05) is 6.54 Å². The minimum Gasteiger partial charge on any atom is -0.337 e. The monoisotopic (exact) mass is 432 g/mol. The number of rotatable bonds is 6. The Kier molecular flexibility index (Phi) is 5.90.